The van der Waals surface area contributed by atoms with Crippen molar-refractivity contribution in [2.75, 3.05) is 26.0 Å². The van der Waals surface area contributed by atoms with Gasteiger partial charge < -0.3 is 9.46 Å². The molecule has 2 aliphatic rings. The molecule has 2 rings (SSSR count). The van der Waals surface area contributed by atoms with E-state index in [0.29, 0.717) is 0 Å². The van der Waals surface area contributed by atoms with Crippen LogP contribution in [-0.2, 0) is 4.57 Å². The zero-order valence-electron chi connectivity index (χ0n) is 13.2. The van der Waals surface area contributed by atoms with E-state index in [9.17, 15) is 9.46 Å². The first-order valence-electron chi connectivity index (χ1n) is 6.16. The molecule has 2 aliphatic heterocycles. The Morgan fingerprint density at radius 1 is 1.30 bits per heavy atom. The maximum absolute atomic E-state index is 11.7. The van der Waals surface area contributed by atoms with Gasteiger partial charge in [0.2, 0.25) is 0 Å². The Morgan fingerprint density at radius 2 is 1.60 bits per heavy atom. The third kappa shape index (κ3) is 1.91. The summed E-state index contributed by atoms with van der Waals surface area (Å²) in [7, 11) is -5.18. The molecule has 0 aromatic heterocycles. The fraction of sp³-hybridized carbons (Fsp3) is 1.00. The second-order valence-electron chi connectivity index (χ2n) is 1.56. The number of hydrogen-bond donors (Lipinski definition) is 0. The molecule has 4 nitrogen and oxygen atoms in total. The van der Waals surface area contributed by atoms with E-state index < -0.39 is 33.7 Å². The van der Waals surface area contributed by atoms with E-state index in [1.165, 1.54) is 0 Å². The van der Waals surface area contributed by atoms with Gasteiger partial charge in [0, 0.05) is 37.0 Å². The van der Waals surface area contributed by atoms with Crippen LogP contribution in [0.25, 0.3) is 0 Å². The molecule has 0 atom stereocenters. The van der Waals surface area contributed by atoms with Gasteiger partial charge in [-0.15, -0.1) is 0 Å². The summed E-state index contributed by atoms with van der Waals surface area (Å²) in [6, 6.07) is 0. The standard InChI is InChI=1S/C4H9N2O2P.K/c7-9(8,5-1-2-5)6-3-4-6;/h1-4H2,(H,7,8);/q;+1/p-1/i1D2,2D2,3D2,4D2;. The molecule has 10 heavy (non-hydrogen) atoms. The Hall–Kier alpha value is 1.75. The second-order valence-corrected chi connectivity index (χ2v) is 3.34. The van der Waals surface area contributed by atoms with E-state index in [1.807, 2.05) is 0 Å². The summed E-state index contributed by atoms with van der Waals surface area (Å²) in [4.78, 5) is 11.7. The Bertz CT molecular complexity index is 379. The van der Waals surface area contributed by atoms with Crippen molar-refractivity contribution in [1.82, 2.24) is 9.34 Å². The summed E-state index contributed by atoms with van der Waals surface area (Å²) >= 11 is 0. The molecule has 0 spiro atoms. The van der Waals surface area contributed by atoms with Crippen molar-refractivity contribution < 1.29 is 71.8 Å². The fourth-order valence-corrected chi connectivity index (χ4v) is 1.16. The van der Waals surface area contributed by atoms with Gasteiger partial charge in [-0.05, 0) is 0 Å². The largest absolute Gasteiger partial charge is 1.00 e. The minimum absolute atomic E-state index is 0. The Labute approximate surface area is 114 Å². The first-order chi connectivity index (χ1) is 7.23. The van der Waals surface area contributed by atoms with Crippen LogP contribution in [0.4, 0.5) is 0 Å². The van der Waals surface area contributed by atoms with Gasteiger partial charge in [-0.2, -0.15) is 0 Å². The van der Waals surface area contributed by atoms with Gasteiger partial charge in [0.15, 0.2) is 0 Å². The monoisotopic (exact) mass is 194 g/mol. The maximum atomic E-state index is 11.7. The third-order valence-corrected chi connectivity index (χ3v) is 2.34. The Morgan fingerprint density at radius 3 is 1.80 bits per heavy atom. The van der Waals surface area contributed by atoms with Crippen molar-refractivity contribution in [1.29, 1.82) is 0 Å². The molecule has 0 aromatic carbocycles. The molecule has 0 saturated carbocycles. The number of hydrogen-bond acceptors (Lipinski definition) is 2. The Balaban J connectivity index is 0.00000162. The van der Waals surface area contributed by atoms with Crippen LogP contribution in [0.5, 0.6) is 0 Å². The molecule has 0 radical (unpaired) electrons. The number of rotatable bonds is 2. The maximum Gasteiger partial charge on any atom is 1.00 e. The van der Waals surface area contributed by atoms with Gasteiger partial charge in [0.1, 0.15) is 7.67 Å². The van der Waals surface area contributed by atoms with Crippen LogP contribution in [0.15, 0.2) is 0 Å². The number of nitrogens with zero attached hydrogens (tertiary/aromatic N) is 2. The van der Waals surface area contributed by atoms with Gasteiger partial charge in [-0.25, -0.2) is 9.34 Å². The summed E-state index contributed by atoms with van der Waals surface area (Å²) in [5, 5.41) is 0. The first-order valence-corrected chi connectivity index (χ1v) is 3.69. The van der Waals surface area contributed by atoms with Crippen molar-refractivity contribution >= 4 is 7.67 Å². The molecule has 0 aliphatic carbocycles. The topological polar surface area (TPSA) is 46.1 Å². The fourth-order valence-electron chi connectivity index (χ4n) is 0.387. The van der Waals surface area contributed by atoms with E-state index in [1.54, 1.807) is 0 Å². The van der Waals surface area contributed by atoms with Crippen LogP contribution in [-0.4, -0.2) is 35.3 Å². The summed E-state index contributed by atoms with van der Waals surface area (Å²) in [5.74, 6) is 0. The molecule has 0 aromatic rings. The van der Waals surface area contributed by atoms with Gasteiger partial charge in [-0.1, -0.05) is 0 Å². The molecule has 2 heterocycles. The van der Waals surface area contributed by atoms with Crippen LogP contribution in [0, 0.1) is 0 Å². The molecule has 2 saturated heterocycles. The minimum Gasteiger partial charge on any atom is -0.776 e. The Kier molecular flexibility index (Phi) is 1.13. The predicted octanol–water partition coefficient (Wildman–Crippen LogP) is -3.91. The summed E-state index contributed by atoms with van der Waals surface area (Å²) in [6.07, 6.45) is 0. The molecule has 0 unspecified atom stereocenters. The van der Waals surface area contributed by atoms with Crippen molar-refractivity contribution in [3.63, 3.8) is 0 Å². The van der Waals surface area contributed by atoms with Crippen molar-refractivity contribution in [3.8, 4) is 0 Å². The van der Waals surface area contributed by atoms with Crippen molar-refractivity contribution in [2.24, 2.45) is 0 Å². The van der Waals surface area contributed by atoms with Crippen LogP contribution >= 0.6 is 7.67 Å². The first kappa shape index (κ1) is 3.48. The molecule has 0 N–H and O–H groups in total. The summed E-state index contributed by atoms with van der Waals surface area (Å²) < 4.78 is 68.4. The third-order valence-electron chi connectivity index (χ3n) is 0.929. The van der Waals surface area contributed by atoms with Gasteiger partial charge in [0.05, 0.1) is 0 Å². The van der Waals surface area contributed by atoms with E-state index in [4.69, 9.17) is 11.0 Å². The van der Waals surface area contributed by atoms with Crippen molar-refractivity contribution in [2.45, 2.75) is 0 Å². The molecule has 0 amide bonds. The van der Waals surface area contributed by atoms with E-state index >= 15 is 0 Å². The van der Waals surface area contributed by atoms with Crippen LogP contribution < -0.4 is 56.3 Å². The average molecular weight is 194 g/mol. The van der Waals surface area contributed by atoms with E-state index in [-0.39, 0.29) is 60.7 Å². The zero-order valence-corrected chi connectivity index (χ0v) is 9.18. The molecule has 6 heteroatoms. The molecule has 2 fully saturated rings. The SMILES string of the molecule is [2H]C1([2H])N(P(=O)([O-])N2C([2H])([2H])C2([2H])[2H])C1([2H])[2H].[K+]. The van der Waals surface area contributed by atoms with Crippen LogP contribution in [0.2, 0.25) is 0 Å². The van der Waals surface area contributed by atoms with E-state index in [2.05, 4.69) is 0 Å². The molecular weight excluding hydrogens is 178 g/mol. The van der Waals surface area contributed by atoms with Crippen molar-refractivity contribution in [3.05, 3.63) is 0 Å². The summed E-state index contributed by atoms with van der Waals surface area (Å²) in [5.41, 5.74) is 0. The zero-order chi connectivity index (χ0) is 13.7. The average Bonchev–Trinajstić information content (AvgIpc) is 2.56. The van der Waals surface area contributed by atoms with Crippen LogP contribution in [0.1, 0.15) is 11.0 Å². The summed E-state index contributed by atoms with van der Waals surface area (Å²) in [6.45, 7) is -11.1. The quantitative estimate of drug-likeness (QED) is 0.256. The van der Waals surface area contributed by atoms with Gasteiger partial charge >= 0.3 is 51.4 Å². The van der Waals surface area contributed by atoms with Crippen LogP contribution in [0.3, 0.4) is 0 Å². The molecule has 0 bridgehead atoms. The van der Waals surface area contributed by atoms with E-state index in [0.717, 1.165) is 0 Å². The van der Waals surface area contributed by atoms with Gasteiger partial charge in [-0.3, -0.25) is 0 Å². The molecule has 52 valence electrons. The predicted molar refractivity (Wildman–Crippen MR) is 30.8 cm³/mol. The normalized spacial score (nSPS) is 57.7. The van der Waals surface area contributed by atoms with Gasteiger partial charge in [0.25, 0.3) is 0 Å². The molecular formula is C4H8KN2O2P. The minimum atomic E-state index is -5.18. The second kappa shape index (κ2) is 3.24. The smallest absolute Gasteiger partial charge is 0.776 e.